The molecule has 0 spiro atoms. The Bertz CT molecular complexity index is 1480. The number of carbonyl (C=O) groups is 2. The number of amides is 2. The van der Waals surface area contributed by atoms with Gasteiger partial charge in [0.05, 0.1) is 29.6 Å². The molecule has 0 radical (unpaired) electrons. The molecule has 0 aliphatic carbocycles. The molecule has 8 nitrogen and oxygen atoms in total. The smallest absolute Gasteiger partial charge is 0.254 e. The molecule has 0 bridgehead atoms. The maximum Gasteiger partial charge on any atom is 0.254 e. The summed E-state index contributed by atoms with van der Waals surface area (Å²) in [5.41, 5.74) is 7.07. The van der Waals surface area contributed by atoms with E-state index in [1.807, 2.05) is 24.3 Å². The molecule has 41 heavy (non-hydrogen) atoms. The second-order valence-electron chi connectivity index (χ2n) is 10.4. The van der Waals surface area contributed by atoms with Crippen LogP contribution in [0, 0.1) is 11.7 Å². The zero-order valence-corrected chi connectivity index (χ0v) is 25.0. The minimum atomic E-state index is -3.83. The maximum atomic E-state index is 14.8. The summed E-state index contributed by atoms with van der Waals surface area (Å²) in [7, 11) is -3.83. The van der Waals surface area contributed by atoms with E-state index in [1.54, 1.807) is 38.1 Å². The van der Waals surface area contributed by atoms with Crippen LogP contribution in [0.3, 0.4) is 0 Å². The molecule has 0 saturated carbocycles. The summed E-state index contributed by atoms with van der Waals surface area (Å²) in [6, 6.07) is 16.7. The summed E-state index contributed by atoms with van der Waals surface area (Å²) in [5, 5.41) is 3.65. The largest absolute Gasteiger partial charge is 0.368 e. The van der Waals surface area contributed by atoms with Crippen LogP contribution in [0.25, 0.3) is 0 Å². The lowest BCUT2D eigenvalue weighted by atomic mass is 9.93. The highest BCUT2D eigenvalue weighted by Gasteiger charge is 2.41. The molecule has 4 rings (SSSR count). The molecule has 0 aromatic heterocycles. The van der Waals surface area contributed by atoms with Crippen LogP contribution < -0.4 is 15.4 Å². The van der Waals surface area contributed by atoms with E-state index in [4.69, 9.17) is 28.9 Å². The monoisotopic (exact) mass is 620 g/mol. The van der Waals surface area contributed by atoms with Gasteiger partial charge in [-0.2, -0.15) is 0 Å². The number of benzene rings is 3. The van der Waals surface area contributed by atoms with Crippen LogP contribution in [0.4, 0.5) is 10.1 Å². The van der Waals surface area contributed by atoms with Crippen molar-refractivity contribution in [2.24, 2.45) is 11.7 Å². The molecule has 2 amide bonds. The van der Waals surface area contributed by atoms with E-state index in [0.29, 0.717) is 23.1 Å². The predicted molar refractivity (Wildman–Crippen MR) is 159 cm³/mol. The van der Waals surface area contributed by atoms with Crippen molar-refractivity contribution in [1.82, 2.24) is 10.2 Å². The number of hydrogen-bond acceptors (Lipinski definition) is 5. The molecular formula is C29H31Cl2FN4O4S. The Morgan fingerprint density at radius 1 is 0.976 bits per heavy atom. The highest BCUT2D eigenvalue weighted by Crippen LogP contribution is 2.37. The molecule has 3 aromatic rings. The van der Waals surface area contributed by atoms with Gasteiger partial charge in [-0.05, 0) is 59.5 Å². The topological polar surface area (TPSA) is 113 Å². The van der Waals surface area contributed by atoms with Crippen LogP contribution >= 0.6 is 23.2 Å². The molecular weight excluding hydrogens is 590 g/mol. The third kappa shape index (κ3) is 7.01. The summed E-state index contributed by atoms with van der Waals surface area (Å²) in [6.07, 6.45) is 1.07. The van der Waals surface area contributed by atoms with Crippen molar-refractivity contribution in [3.05, 3.63) is 99.3 Å². The Kier molecular flexibility index (Phi) is 9.28. The fourth-order valence-corrected chi connectivity index (χ4v) is 6.46. The number of anilines is 1. The Morgan fingerprint density at radius 2 is 1.49 bits per heavy atom. The van der Waals surface area contributed by atoms with E-state index >= 15 is 0 Å². The van der Waals surface area contributed by atoms with Gasteiger partial charge < -0.3 is 11.1 Å². The average molecular weight is 622 g/mol. The number of rotatable bonds is 10. The minimum absolute atomic E-state index is 0.137. The van der Waals surface area contributed by atoms with Gasteiger partial charge in [-0.1, -0.05) is 61.3 Å². The first-order valence-electron chi connectivity index (χ1n) is 12.9. The third-order valence-corrected chi connectivity index (χ3v) is 8.75. The number of hydrogen-bond donors (Lipinski definition) is 2. The van der Waals surface area contributed by atoms with Crippen molar-refractivity contribution >= 4 is 50.7 Å². The molecule has 12 heteroatoms. The number of likely N-dealkylation sites (tertiary alicyclic amines) is 1. The van der Waals surface area contributed by atoms with Gasteiger partial charge in [0.25, 0.3) is 5.91 Å². The molecule has 1 saturated heterocycles. The summed E-state index contributed by atoms with van der Waals surface area (Å²) in [5.74, 6) is -2.80. The number of nitrogens with two attached hydrogens (primary N) is 1. The molecule has 3 aromatic carbocycles. The molecule has 1 aliphatic rings. The number of sulfonamides is 1. The summed E-state index contributed by atoms with van der Waals surface area (Å²) < 4.78 is 42.0. The number of halogens is 3. The van der Waals surface area contributed by atoms with Crippen molar-refractivity contribution in [2.45, 2.75) is 32.0 Å². The highest BCUT2D eigenvalue weighted by molar-refractivity contribution is 7.92. The van der Waals surface area contributed by atoms with E-state index in [1.165, 1.54) is 16.4 Å². The zero-order chi connectivity index (χ0) is 30.1. The lowest BCUT2D eigenvalue weighted by molar-refractivity contribution is -0.120. The SMILES string of the molecule is CC(C)[C@H](NC(=O)c1cc(N(C2CN(C(c3ccc(Cl)cc3)c3ccc(Cl)cc3)C2)S(C)(=O)=O)ccc1F)C(N)=O. The minimum Gasteiger partial charge on any atom is -0.368 e. The van der Waals surface area contributed by atoms with Crippen LogP contribution in [0.15, 0.2) is 66.7 Å². The second-order valence-corrected chi connectivity index (χ2v) is 13.2. The Morgan fingerprint density at radius 3 is 1.93 bits per heavy atom. The predicted octanol–water partition coefficient (Wildman–Crippen LogP) is 4.61. The lowest BCUT2D eigenvalue weighted by Crippen LogP contribution is -2.61. The van der Waals surface area contributed by atoms with Gasteiger partial charge >= 0.3 is 0 Å². The number of primary amides is 1. The number of nitrogens with one attached hydrogen (secondary N) is 1. The van der Waals surface area contributed by atoms with Gasteiger partial charge in [0.15, 0.2) is 0 Å². The number of carbonyl (C=O) groups excluding carboxylic acids is 2. The number of nitrogens with zero attached hydrogens (tertiary/aromatic N) is 2. The Labute approximate surface area is 249 Å². The second kappa shape index (κ2) is 12.4. The molecule has 1 heterocycles. The van der Waals surface area contributed by atoms with Crippen molar-refractivity contribution in [3.8, 4) is 0 Å². The van der Waals surface area contributed by atoms with E-state index in [-0.39, 0.29) is 23.2 Å². The zero-order valence-electron chi connectivity index (χ0n) is 22.7. The molecule has 3 N–H and O–H groups in total. The fourth-order valence-electron chi connectivity index (χ4n) is 5.03. The molecule has 218 valence electrons. The van der Waals surface area contributed by atoms with Crippen LogP contribution in [0.2, 0.25) is 10.0 Å². The molecule has 1 fully saturated rings. The molecule has 1 atom stereocenters. The van der Waals surface area contributed by atoms with Crippen LogP contribution in [0.1, 0.15) is 41.4 Å². The van der Waals surface area contributed by atoms with E-state index < -0.39 is 39.7 Å². The first kappa shape index (κ1) is 30.8. The van der Waals surface area contributed by atoms with Crippen molar-refractivity contribution in [1.29, 1.82) is 0 Å². The quantitative estimate of drug-likeness (QED) is 0.344. The third-order valence-electron chi connectivity index (χ3n) is 7.02. The first-order valence-corrected chi connectivity index (χ1v) is 15.5. The lowest BCUT2D eigenvalue weighted by Gasteiger charge is -2.48. The van der Waals surface area contributed by atoms with E-state index in [9.17, 15) is 22.4 Å². The van der Waals surface area contributed by atoms with E-state index in [2.05, 4.69) is 10.2 Å². The summed E-state index contributed by atoms with van der Waals surface area (Å²) in [4.78, 5) is 26.8. The van der Waals surface area contributed by atoms with Gasteiger partial charge in [-0.3, -0.25) is 18.8 Å². The highest BCUT2D eigenvalue weighted by atomic mass is 35.5. The normalized spacial score (nSPS) is 15.0. The summed E-state index contributed by atoms with van der Waals surface area (Å²) >= 11 is 12.2. The van der Waals surface area contributed by atoms with Crippen molar-refractivity contribution in [3.63, 3.8) is 0 Å². The van der Waals surface area contributed by atoms with Crippen LogP contribution in [-0.4, -0.2) is 56.6 Å². The van der Waals surface area contributed by atoms with Gasteiger partial charge in [0, 0.05) is 23.1 Å². The van der Waals surface area contributed by atoms with Gasteiger partial charge in [-0.25, -0.2) is 12.8 Å². The van der Waals surface area contributed by atoms with Crippen molar-refractivity contribution < 1.29 is 22.4 Å². The van der Waals surface area contributed by atoms with Gasteiger partial charge in [0.2, 0.25) is 15.9 Å². The Balaban J connectivity index is 1.62. The van der Waals surface area contributed by atoms with Gasteiger partial charge in [-0.15, -0.1) is 0 Å². The van der Waals surface area contributed by atoms with Gasteiger partial charge in [0.1, 0.15) is 11.9 Å². The van der Waals surface area contributed by atoms with Crippen LogP contribution in [-0.2, 0) is 14.8 Å². The summed E-state index contributed by atoms with van der Waals surface area (Å²) in [6.45, 7) is 4.10. The Hall–Kier alpha value is -3.18. The first-order chi connectivity index (χ1) is 19.3. The fraction of sp³-hybridized carbons (Fsp3) is 0.310. The average Bonchev–Trinajstić information content (AvgIpc) is 2.87. The van der Waals surface area contributed by atoms with Crippen LogP contribution in [0.5, 0.6) is 0 Å². The van der Waals surface area contributed by atoms with Crippen molar-refractivity contribution in [2.75, 3.05) is 23.7 Å². The molecule has 1 aliphatic heterocycles. The maximum absolute atomic E-state index is 14.8. The standard InChI is InChI=1S/C29H31Cl2FN4O4S/c1-17(2)26(28(33)37)34-29(38)24-14-22(12-13-25(24)32)36(41(3,39)40)23-15-35(16-23)27(18-4-8-20(30)9-5-18)19-6-10-21(31)11-7-19/h4-14,17,23,26-27H,15-16H2,1-3H3,(H2,33,37)(H,34,38)/t26-/m0/s1. The molecule has 0 unspecified atom stereocenters. The van der Waals surface area contributed by atoms with E-state index in [0.717, 1.165) is 23.4 Å².